The van der Waals surface area contributed by atoms with E-state index in [0.29, 0.717) is 18.9 Å². The average molecular weight is 342 g/mol. The second kappa shape index (κ2) is 6.54. The van der Waals surface area contributed by atoms with E-state index >= 15 is 0 Å². The zero-order valence-electron chi connectivity index (χ0n) is 12.6. The maximum absolute atomic E-state index is 14.0. The highest BCUT2D eigenvalue weighted by molar-refractivity contribution is 7.89. The molecule has 1 saturated carbocycles. The lowest BCUT2D eigenvalue weighted by atomic mass is 9.85. The first-order valence-electron chi connectivity index (χ1n) is 7.67. The number of halogens is 1. The molecule has 1 amide bonds. The van der Waals surface area contributed by atoms with Crippen LogP contribution in [0.3, 0.4) is 0 Å². The van der Waals surface area contributed by atoms with Gasteiger partial charge in [0.15, 0.2) is 0 Å². The van der Waals surface area contributed by atoms with Crippen molar-refractivity contribution in [2.75, 3.05) is 31.6 Å². The zero-order chi connectivity index (χ0) is 16.4. The van der Waals surface area contributed by atoms with Gasteiger partial charge in [0.1, 0.15) is 10.7 Å². The number of carbonyl (C=O) groups is 1. The third kappa shape index (κ3) is 3.39. The van der Waals surface area contributed by atoms with Crippen molar-refractivity contribution < 1.29 is 22.3 Å². The van der Waals surface area contributed by atoms with Crippen molar-refractivity contribution in [2.45, 2.75) is 24.2 Å². The van der Waals surface area contributed by atoms with E-state index in [9.17, 15) is 17.6 Å². The van der Waals surface area contributed by atoms with E-state index in [4.69, 9.17) is 4.74 Å². The summed E-state index contributed by atoms with van der Waals surface area (Å²) in [6, 6.07) is 3.64. The van der Waals surface area contributed by atoms with Crippen molar-refractivity contribution >= 4 is 21.6 Å². The molecule has 0 aromatic heterocycles. The highest BCUT2D eigenvalue weighted by atomic mass is 32.2. The van der Waals surface area contributed by atoms with E-state index in [2.05, 4.69) is 5.32 Å². The summed E-state index contributed by atoms with van der Waals surface area (Å²) >= 11 is 0. The van der Waals surface area contributed by atoms with Crippen LogP contribution >= 0.6 is 0 Å². The normalized spacial score (nSPS) is 20.0. The maximum atomic E-state index is 14.0. The minimum absolute atomic E-state index is 0.0284. The number of carbonyl (C=O) groups excluding carboxylic acids is 1. The van der Waals surface area contributed by atoms with Crippen LogP contribution in [0.5, 0.6) is 0 Å². The van der Waals surface area contributed by atoms with Gasteiger partial charge in [0.25, 0.3) is 0 Å². The molecule has 23 heavy (non-hydrogen) atoms. The molecule has 1 saturated heterocycles. The SMILES string of the molecule is O=C(Nc1ccc(F)c(S(=O)(=O)N2CCOCC2)c1)C1CCC1. The summed E-state index contributed by atoms with van der Waals surface area (Å²) in [6.07, 6.45) is 2.70. The number of benzene rings is 1. The highest BCUT2D eigenvalue weighted by Crippen LogP contribution is 2.29. The molecule has 1 aliphatic heterocycles. The Balaban J connectivity index is 1.83. The molecule has 0 bridgehead atoms. The number of nitrogens with zero attached hydrogens (tertiary/aromatic N) is 1. The Morgan fingerprint density at radius 2 is 1.96 bits per heavy atom. The number of amides is 1. The summed E-state index contributed by atoms with van der Waals surface area (Å²) < 4.78 is 45.5. The van der Waals surface area contributed by atoms with Crippen molar-refractivity contribution in [1.82, 2.24) is 4.31 Å². The molecule has 0 unspecified atom stereocenters. The van der Waals surface area contributed by atoms with Crippen LogP contribution in [0.25, 0.3) is 0 Å². The topological polar surface area (TPSA) is 75.7 Å². The van der Waals surface area contributed by atoms with Crippen molar-refractivity contribution in [2.24, 2.45) is 5.92 Å². The van der Waals surface area contributed by atoms with Gasteiger partial charge in [-0.15, -0.1) is 0 Å². The summed E-state index contributed by atoms with van der Waals surface area (Å²) in [4.78, 5) is 11.5. The largest absolute Gasteiger partial charge is 0.379 e. The second-order valence-electron chi connectivity index (χ2n) is 5.78. The molecule has 1 N–H and O–H groups in total. The number of hydrogen-bond donors (Lipinski definition) is 1. The molecule has 0 spiro atoms. The van der Waals surface area contributed by atoms with E-state index in [1.54, 1.807) is 0 Å². The molecule has 2 fully saturated rings. The predicted molar refractivity (Wildman–Crippen MR) is 81.9 cm³/mol. The highest BCUT2D eigenvalue weighted by Gasteiger charge is 2.30. The molecule has 6 nitrogen and oxygen atoms in total. The van der Waals surface area contributed by atoms with Crippen LogP contribution < -0.4 is 5.32 Å². The molecule has 0 radical (unpaired) electrons. The van der Waals surface area contributed by atoms with Gasteiger partial charge in [0.2, 0.25) is 15.9 Å². The first kappa shape index (κ1) is 16.4. The van der Waals surface area contributed by atoms with Gasteiger partial charge >= 0.3 is 0 Å². The molecule has 126 valence electrons. The number of ether oxygens (including phenoxy) is 1. The third-order valence-electron chi connectivity index (χ3n) is 4.26. The number of anilines is 1. The Morgan fingerprint density at radius 1 is 1.26 bits per heavy atom. The fraction of sp³-hybridized carbons (Fsp3) is 0.533. The van der Waals surface area contributed by atoms with Crippen molar-refractivity contribution in [1.29, 1.82) is 0 Å². The Labute approximate surface area is 134 Å². The van der Waals surface area contributed by atoms with Crippen LogP contribution in [-0.4, -0.2) is 44.9 Å². The number of hydrogen-bond acceptors (Lipinski definition) is 4. The Morgan fingerprint density at radius 3 is 2.57 bits per heavy atom. The molecule has 1 aliphatic carbocycles. The first-order valence-corrected chi connectivity index (χ1v) is 9.11. The third-order valence-corrected chi connectivity index (χ3v) is 6.18. The van der Waals surface area contributed by atoms with Gasteiger partial charge in [0.05, 0.1) is 13.2 Å². The molecule has 1 aromatic carbocycles. The van der Waals surface area contributed by atoms with E-state index in [0.717, 1.165) is 25.3 Å². The van der Waals surface area contributed by atoms with Crippen LogP contribution in [0, 0.1) is 11.7 Å². The fourth-order valence-electron chi connectivity index (χ4n) is 2.62. The maximum Gasteiger partial charge on any atom is 0.246 e. The smallest absolute Gasteiger partial charge is 0.246 e. The summed E-state index contributed by atoms with van der Waals surface area (Å²) in [7, 11) is -3.94. The summed E-state index contributed by atoms with van der Waals surface area (Å²) in [6.45, 7) is 0.971. The van der Waals surface area contributed by atoms with E-state index < -0.39 is 20.7 Å². The Bertz CT molecular complexity index is 697. The zero-order valence-corrected chi connectivity index (χ0v) is 13.4. The van der Waals surface area contributed by atoms with Crippen LogP contribution in [0.2, 0.25) is 0 Å². The number of sulfonamides is 1. The van der Waals surface area contributed by atoms with Crippen LogP contribution in [0.15, 0.2) is 23.1 Å². The number of nitrogens with one attached hydrogen (secondary N) is 1. The fourth-order valence-corrected chi connectivity index (χ4v) is 4.12. The van der Waals surface area contributed by atoms with Gasteiger partial charge in [-0.25, -0.2) is 12.8 Å². The van der Waals surface area contributed by atoms with Gasteiger partial charge in [-0.05, 0) is 31.0 Å². The molecule has 3 rings (SSSR count). The van der Waals surface area contributed by atoms with Crippen molar-refractivity contribution in [3.8, 4) is 0 Å². The average Bonchev–Trinajstić information content (AvgIpc) is 2.48. The monoisotopic (exact) mass is 342 g/mol. The minimum atomic E-state index is -3.94. The van der Waals surface area contributed by atoms with Gasteiger partial charge in [-0.1, -0.05) is 6.42 Å². The molecule has 1 heterocycles. The standard InChI is InChI=1S/C15H19FN2O4S/c16-13-5-4-12(17-15(19)11-2-1-3-11)10-14(13)23(20,21)18-6-8-22-9-7-18/h4-5,10-11H,1-3,6-9H2,(H,17,19). The summed E-state index contributed by atoms with van der Waals surface area (Å²) in [5.74, 6) is -0.991. The van der Waals surface area contributed by atoms with Gasteiger partial charge in [0, 0.05) is 24.7 Å². The summed E-state index contributed by atoms with van der Waals surface area (Å²) in [5, 5.41) is 2.67. The molecular formula is C15H19FN2O4S. The van der Waals surface area contributed by atoms with E-state index in [1.807, 2.05) is 0 Å². The Kier molecular flexibility index (Phi) is 4.65. The summed E-state index contributed by atoms with van der Waals surface area (Å²) in [5.41, 5.74) is 0.301. The van der Waals surface area contributed by atoms with Gasteiger partial charge < -0.3 is 10.1 Å². The van der Waals surface area contributed by atoms with Gasteiger partial charge in [-0.3, -0.25) is 4.79 Å². The van der Waals surface area contributed by atoms with E-state index in [-0.39, 0.29) is 24.9 Å². The molecule has 1 aromatic rings. The van der Waals surface area contributed by atoms with Crippen molar-refractivity contribution in [3.63, 3.8) is 0 Å². The van der Waals surface area contributed by atoms with Crippen LogP contribution in [0.4, 0.5) is 10.1 Å². The Hall–Kier alpha value is -1.51. The first-order chi connectivity index (χ1) is 11.0. The molecular weight excluding hydrogens is 323 g/mol. The molecule has 2 aliphatic rings. The number of morpholine rings is 1. The quantitative estimate of drug-likeness (QED) is 0.901. The van der Waals surface area contributed by atoms with Crippen molar-refractivity contribution in [3.05, 3.63) is 24.0 Å². The lowest BCUT2D eigenvalue weighted by Gasteiger charge is -2.26. The minimum Gasteiger partial charge on any atom is -0.379 e. The van der Waals surface area contributed by atoms with E-state index in [1.165, 1.54) is 16.4 Å². The lowest BCUT2D eigenvalue weighted by Crippen LogP contribution is -2.41. The van der Waals surface area contributed by atoms with Crippen LogP contribution in [-0.2, 0) is 19.6 Å². The lowest BCUT2D eigenvalue weighted by molar-refractivity contribution is -0.122. The second-order valence-corrected chi connectivity index (χ2v) is 7.69. The molecule has 8 heteroatoms. The van der Waals surface area contributed by atoms with Gasteiger partial charge in [-0.2, -0.15) is 4.31 Å². The number of rotatable bonds is 4. The molecule has 0 atom stereocenters. The predicted octanol–water partition coefficient (Wildman–Crippen LogP) is 1.59. The van der Waals surface area contributed by atoms with Crippen LogP contribution in [0.1, 0.15) is 19.3 Å².